The fourth-order valence-corrected chi connectivity index (χ4v) is 4.86. The number of nitrogens with one attached hydrogen (secondary N) is 4. The van der Waals surface area contributed by atoms with Gasteiger partial charge in [0.2, 0.25) is 11.9 Å². The Labute approximate surface area is 203 Å². The van der Waals surface area contributed by atoms with Crippen molar-refractivity contribution in [3.05, 3.63) is 46.8 Å². The summed E-state index contributed by atoms with van der Waals surface area (Å²) in [6, 6.07) is 8.30. The van der Waals surface area contributed by atoms with Crippen LogP contribution in [-0.4, -0.2) is 38.2 Å². The molecule has 4 N–H and O–H groups in total. The van der Waals surface area contributed by atoms with E-state index in [1.54, 1.807) is 0 Å². The second-order valence-corrected chi connectivity index (χ2v) is 10.8. The molecule has 0 bridgehead atoms. The highest BCUT2D eigenvalue weighted by Crippen LogP contribution is 2.30. The number of hydrogen-bond donors (Lipinski definition) is 4. The number of aliphatic imine (C=N–C) groups is 1. The number of anilines is 2. The van der Waals surface area contributed by atoms with Crippen LogP contribution in [-0.2, 0) is 0 Å². The fourth-order valence-electron chi connectivity index (χ4n) is 4.66. The van der Waals surface area contributed by atoms with Gasteiger partial charge in [0.05, 0.1) is 6.04 Å². The standard InChI is InChI=1S/C25H37N7S/c1-15-9-10-16(2)20(11-15)29-23(33)31-22(30-21-26-17(3)12-18(4)27-21)28-19-13-24(5,6)32-25(7,8)14-19/h9-12,19,32H,13-14H2,1-8H3,(H3,26,27,28,29,30,31,33). The van der Waals surface area contributed by atoms with Crippen LogP contribution >= 0.6 is 12.2 Å². The number of thiocarbonyl (C=S) groups is 1. The third-order valence-corrected chi connectivity index (χ3v) is 5.77. The fraction of sp³-hybridized carbons (Fsp3) is 0.520. The predicted octanol–water partition coefficient (Wildman–Crippen LogP) is 4.77. The molecule has 2 heterocycles. The van der Waals surface area contributed by atoms with Crippen LogP contribution in [0.3, 0.4) is 0 Å². The first-order chi connectivity index (χ1) is 15.3. The summed E-state index contributed by atoms with van der Waals surface area (Å²) in [6.45, 7) is 16.9. The summed E-state index contributed by atoms with van der Waals surface area (Å²) in [4.78, 5) is 14.1. The lowest BCUT2D eigenvalue weighted by Crippen LogP contribution is -2.59. The molecule has 1 saturated heterocycles. The van der Waals surface area contributed by atoms with Gasteiger partial charge in [0, 0.05) is 28.2 Å². The molecule has 8 heteroatoms. The van der Waals surface area contributed by atoms with Gasteiger partial charge in [-0.05, 0) is 104 Å². The number of rotatable bonds is 3. The Balaban J connectivity index is 1.86. The number of aryl methyl sites for hydroxylation is 4. The summed E-state index contributed by atoms with van der Waals surface area (Å²) in [5, 5.41) is 14.0. The summed E-state index contributed by atoms with van der Waals surface area (Å²) < 4.78 is 0. The summed E-state index contributed by atoms with van der Waals surface area (Å²) in [5.74, 6) is 1.04. The van der Waals surface area contributed by atoms with Crippen LogP contribution in [0.5, 0.6) is 0 Å². The highest BCUT2D eigenvalue weighted by atomic mass is 32.1. The quantitative estimate of drug-likeness (QED) is 0.294. The highest BCUT2D eigenvalue weighted by Gasteiger charge is 2.37. The van der Waals surface area contributed by atoms with E-state index in [2.05, 4.69) is 91.0 Å². The Hall–Kier alpha value is -2.58. The first-order valence-electron chi connectivity index (χ1n) is 11.4. The van der Waals surface area contributed by atoms with Gasteiger partial charge in [0.15, 0.2) is 5.11 Å². The largest absolute Gasteiger partial charge is 0.332 e. The van der Waals surface area contributed by atoms with Crippen molar-refractivity contribution in [2.75, 3.05) is 10.6 Å². The molecule has 3 rings (SSSR count). The average Bonchev–Trinajstić information content (AvgIpc) is 2.61. The molecule has 33 heavy (non-hydrogen) atoms. The number of piperidine rings is 1. The Morgan fingerprint density at radius 2 is 1.58 bits per heavy atom. The third-order valence-electron chi connectivity index (χ3n) is 5.57. The summed E-state index contributed by atoms with van der Waals surface area (Å²) in [7, 11) is 0. The van der Waals surface area contributed by atoms with E-state index in [9.17, 15) is 0 Å². The van der Waals surface area contributed by atoms with Crippen molar-refractivity contribution >= 4 is 34.9 Å². The Bertz CT molecular complexity index is 1020. The van der Waals surface area contributed by atoms with Crippen molar-refractivity contribution in [1.29, 1.82) is 0 Å². The van der Waals surface area contributed by atoms with Crippen molar-refractivity contribution in [2.45, 2.75) is 85.4 Å². The average molecular weight is 468 g/mol. The molecule has 0 unspecified atom stereocenters. The lowest BCUT2D eigenvalue weighted by atomic mass is 9.80. The number of nitrogens with zero attached hydrogens (tertiary/aromatic N) is 3. The molecular weight excluding hydrogens is 430 g/mol. The smallest absolute Gasteiger partial charge is 0.229 e. The third kappa shape index (κ3) is 7.47. The minimum absolute atomic E-state index is 0.0190. The highest BCUT2D eigenvalue weighted by molar-refractivity contribution is 7.80. The molecule has 1 aromatic carbocycles. The molecular formula is C25H37N7S. The predicted molar refractivity (Wildman–Crippen MR) is 142 cm³/mol. The van der Waals surface area contributed by atoms with Gasteiger partial charge in [-0.2, -0.15) is 0 Å². The normalized spacial score (nSPS) is 18.0. The number of guanidine groups is 1. The lowest BCUT2D eigenvalue weighted by molar-refractivity contribution is 0.164. The van der Waals surface area contributed by atoms with E-state index in [1.807, 2.05) is 19.9 Å². The molecule has 0 saturated carbocycles. The van der Waals surface area contributed by atoms with Crippen molar-refractivity contribution in [1.82, 2.24) is 20.6 Å². The number of aromatic nitrogens is 2. The molecule has 0 spiro atoms. The molecule has 0 radical (unpaired) electrons. The zero-order valence-electron chi connectivity index (χ0n) is 21.1. The first-order valence-corrected chi connectivity index (χ1v) is 11.8. The van der Waals surface area contributed by atoms with Crippen molar-refractivity contribution in [3.63, 3.8) is 0 Å². The van der Waals surface area contributed by atoms with E-state index in [0.29, 0.717) is 17.0 Å². The van der Waals surface area contributed by atoms with Crippen molar-refractivity contribution < 1.29 is 0 Å². The van der Waals surface area contributed by atoms with Gasteiger partial charge in [0.25, 0.3) is 0 Å². The Morgan fingerprint density at radius 1 is 0.970 bits per heavy atom. The summed E-state index contributed by atoms with van der Waals surface area (Å²) in [6.07, 6.45) is 1.82. The lowest BCUT2D eigenvalue weighted by Gasteiger charge is -2.45. The minimum Gasteiger partial charge on any atom is -0.332 e. The molecule has 0 amide bonds. The van der Waals surface area contributed by atoms with Crippen LogP contribution in [0, 0.1) is 27.7 Å². The molecule has 1 aromatic heterocycles. The van der Waals surface area contributed by atoms with Crippen LogP contribution in [0.4, 0.5) is 11.6 Å². The van der Waals surface area contributed by atoms with E-state index >= 15 is 0 Å². The molecule has 1 fully saturated rings. The molecule has 1 aliphatic heterocycles. The van der Waals surface area contributed by atoms with E-state index in [0.717, 1.165) is 35.5 Å². The van der Waals surface area contributed by atoms with Gasteiger partial charge in [-0.1, -0.05) is 12.1 Å². The molecule has 0 atom stereocenters. The summed E-state index contributed by atoms with van der Waals surface area (Å²) >= 11 is 5.64. The second-order valence-electron chi connectivity index (χ2n) is 10.4. The monoisotopic (exact) mass is 467 g/mol. The van der Waals surface area contributed by atoms with Gasteiger partial charge in [-0.15, -0.1) is 0 Å². The maximum absolute atomic E-state index is 5.64. The van der Waals surface area contributed by atoms with E-state index in [1.165, 1.54) is 5.56 Å². The summed E-state index contributed by atoms with van der Waals surface area (Å²) in [5.41, 5.74) is 5.01. The van der Waals surface area contributed by atoms with Crippen LogP contribution in [0.15, 0.2) is 29.3 Å². The number of hydrogen-bond acceptors (Lipinski definition) is 5. The van der Waals surface area contributed by atoms with Crippen LogP contribution in [0.25, 0.3) is 0 Å². The molecule has 2 aromatic rings. The number of benzene rings is 1. The SMILES string of the molecule is Cc1ccc(C)c(NC(=S)NC(=NC2CC(C)(C)NC(C)(C)C2)Nc2nc(C)cc(C)n2)c1. The van der Waals surface area contributed by atoms with E-state index < -0.39 is 0 Å². The first kappa shape index (κ1) is 25.1. The molecule has 178 valence electrons. The molecule has 0 aliphatic carbocycles. The topological polar surface area (TPSA) is 86.3 Å². The Kier molecular flexibility index (Phi) is 7.39. The molecule has 1 aliphatic rings. The zero-order valence-corrected chi connectivity index (χ0v) is 21.9. The van der Waals surface area contributed by atoms with Gasteiger partial charge < -0.3 is 16.0 Å². The van der Waals surface area contributed by atoms with Crippen LogP contribution < -0.4 is 21.3 Å². The van der Waals surface area contributed by atoms with Gasteiger partial charge >= 0.3 is 0 Å². The minimum atomic E-state index is -0.0190. The van der Waals surface area contributed by atoms with Gasteiger partial charge in [-0.25, -0.2) is 15.0 Å². The Morgan fingerprint density at radius 3 is 2.18 bits per heavy atom. The van der Waals surface area contributed by atoms with E-state index in [4.69, 9.17) is 17.2 Å². The van der Waals surface area contributed by atoms with Crippen LogP contribution in [0.1, 0.15) is 63.1 Å². The van der Waals surface area contributed by atoms with Gasteiger partial charge in [-0.3, -0.25) is 5.32 Å². The second kappa shape index (κ2) is 9.73. The maximum atomic E-state index is 5.64. The van der Waals surface area contributed by atoms with Crippen molar-refractivity contribution in [2.24, 2.45) is 4.99 Å². The zero-order chi connectivity index (χ0) is 24.4. The van der Waals surface area contributed by atoms with Crippen LogP contribution in [0.2, 0.25) is 0 Å². The maximum Gasteiger partial charge on any atom is 0.229 e. The van der Waals surface area contributed by atoms with E-state index in [-0.39, 0.29) is 17.1 Å². The van der Waals surface area contributed by atoms with Crippen molar-refractivity contribution in [3.8, 4) is 0 Å². The molecule has 7 nitrogen and oxygen atoms in total. The van der Waals surface area contributed by atoms with Gasteiger partial charge in [0.1, 0.15) is 0 Å².